The summed E-state index contributed by atoms with van der Waals surface area (Å²) in [4.78, 5) is 20.5. The third kappa shape index (κ3) is 3.18. The second-order valence-electron chi connectivity index (χ2n) is 4.56. The van der Waals surface area contributed by atoms with E-state index in [2.05, 4.69) is 9.97 Å². The molecule has 0 aliphatic carbocycles. The number of rotatable bonds is 3. The maximum Gasteiger partial charge on any atom is 0.358 e. The van der Waals surface area contributed by atoms with Crippen molar-refractivity contribution in [2.24, 2.45) is 0 Å². The number of nitrogens with zero attached hydrogens (tertiary/aromatic N) is 2. The highest BCUT2D eigenvalue weighted by molar-refractivity contribution is 6.35. The summed E-state index contributed by atoms with van der Waals surface area (Å²) in [5.74, 6) is -0.552. The van der Waals surface area contributed by atoms with Gasteiger partial charge in [-0.25, -0.2) is 9.78 Å². The van der Waals surface area contributed by atoms with Gasteiger partial charge in [-0.1, -0.05) is 41.4 Å². The molecule has 2 aromatic carbocycles. The minimum atomic E-state index is -0.552. The second-order valence-corrected chi connectivity index (χ2v) is 5.40. The van der Waals surface area contributed by atoms with E-state index in [0.29, 0.717) is 21.1 Å². The number of ether oxygens (including phenoxy) is 1. The van der Waals surface area contributed by atoms with Gasteiger partial charge in [0.05, 0.1) is 17.2 Å². The van der Waals surface area contributed by atoms with Crippen LogP contribution in [0.3, 0.4) is 0 Å². The Labute approximate surface area is 136 Å². The summed E-state index contributed by atoms with van der Waals surface area (Å²) in [7, 11) is 0. The number of hydrogen-bond donors (Lipinski definition) is 0. The normalized spacial score (nSPS) is 10.6. The van der Waals surface area contributed by atoms with Crippen LogP contribution in [0.15, 0.2) is 48.7 Å². The molecule has 4 nitrogen and oxygen atoms in total. The SMILES string of the molecule is O=C(OCc1ccc(Cl)cc1Cl)c1cnc2ccccc2n1. The van der Waals surface area contributed by atoms with Gasteiger partial charge in [0.25, 0.3) is 0 Å². The lowest BCUT2D eigenvalue weighted by molar-refractivity contribution is 0.0466. The average Bonchev–Trinajstić information content (AvgIpc) is 2.53. The van der Waals surface area contributed by atoms with Gasteiger partial charge in [0, 0.05) is 15.6 Å². The summed E-state index contributed by atoms with van der Waals surface area (Å²) in [5.41, 5.74) is 2.19. The second kappa shape index (κ2) is 6.30. The smallest absolute Gasteiger partial charge is 0.358 e. The topological polar surface area (TPSA) is 52.1 Å². The third-order valence-electron chi connectivity index (χ3n) is 3.03. The van der Waals surface area contributed by atoms with E-state index in [-0.39, 0.29) is 12.3 Å². The maximum atomic E-state index is 12.0. The minimum Gasteiger partial charge on any atom is -0.456 e. The largest absolute Gasteiger partial charge is 0.456 e. The molecule has 3 aromatic rings. The van der Waals surface area contributed by atoms with Crippen molar-refractivity contribution in [3.8, 4) is 0 Å². The zero-order chi connectivity index (χ0) is 15.5. The van der Waals surface area contributed by atoms with Crippen LogP contribution in [0.5, 0.6) is 0 Å². The van der Waals surface area contributed by atoms with Crippen LogP contribution in [0.25, 0.3) is 11.0 Å². The molecule has 0 bridgehead atoms. The van der Waals surface area contributed by atoms with Gasteiger partial charge in [0.15, 0.2) is 5.69 Å². The molecule has 22 heavy (non-hydrogen) atoms. The maximum absolute atomic E-state index is 12.0. The number of para-hydroxylation sites is 2. The summed E-state index contributed by atoms with van der Waals surface area (Å²) in [6.45, 7) is 0.0450. The average molecular weight is 333 g/mol. The fourth-order valence-electron chi connectivity index (χ4n) is 1.91. The molecule has 0 unspecified atom stereocenters. The van der Waals surface area contributed by atoms with E-state index in [0.717, 1.165) is 5.52 Å². The van der Waals surface area contributed by atoms with Crippen molar-refractivity contribution >= 4 is 40.2 Å². The summed E-state index contributed by atoms with van der Waals surface area (Å²) in [6, 6.07) is 12.3. The van der Waals surface area contributed by atoms with E-state index < -0.39 is 5.97 Å². The summed E-state index contributed by atoms with van der Waals surface area (Å²) in [6.07, 6.45) is 1.40. The number of aromatic nitrogens is 2. The quantitative estimate of drug-likeness (QED) is 0.671. The van der Waals surface area contributed by atoms with Gasteiger partial charge in [-0.05, 0) is 24.3 Å². The van der Waals surface area contributed by atoms with Crippen molar-refractivity contribution in [1.82, 2.24) is 9.97 Å². The Morgan fingerprint density at radius 3 is 2.64 bits per heavy atom. The lowest BCUT2D eigenvalue weighted by Gasteiger charge is -2.07. The van der Waals surface area contributed by atoms with Crippen LogP contribution in [0, 0.1) is 0 Å². The van der Waals surface area contributed by atoms with Crippen molar-refractivity contribution in [3.63, 3.8) is 0 Å². The van der Waals surface area contributed by atoms with Crippen molar-refractivity contribution in [3.05, 3.63) is 70.0 Å². The van der Waals surface area contributed by atoms with Crippen LogP contribution in [-0.2, 0) is 11.3 Å². The van der Waals surface area contributed by atoms with Crippen LogP contribution in [0.1, 0.15) is 16.1 Å². The number of fused-ring (bicyclic) bond motifs is 1. The van der Waals surface area contributed by atoms with Crippen LogP contribution in [-0.4, -0.2) is 15.9 Å². The molecule has 3 rings (SSSR count). The molecule has 0 aliphatic heterocycles. The molecule has 0 amide bonds. The minimum absolute atomic E-state index is 0.0450. The molecular weight excluding hydrogens is 323 g/mol. The van der Waals surface area contributed by atoms with E-state index in [1.54, 1.807) is 24.3 Å². The Hall–Kier alpha value is -2.17. The molecule has 1 aromatic heterocycles. The van der Waals surface area contributed by atoms with Gasteiger partial charge in [-0.15, -0.1) is 0 Å². The highest BCUT2D eigenvalue weighted by Gasteiger charge is 2.12. The Morgan fingerprint density at radius 1 is 1.09 bits per heavy atom. The lowest BCUT2D eigenvalue weighted by atomic mass is 10.2. The van der Waals surface area contributed by atoms with Gasteiger partial charge in [0.2, 0.25) is 0 Å². The lowest BCUT2D eigenvalue weighted by Crippen LogP contribution is -2.08. The molecule has 0 N–H and O–H groups in total. The van der Waals surface area contributed by atoms with E-state index in [9.17, 15) is 4.79 Å². The number of carbonyl (C=O) groups excluding carboxylic acids is 1. The van der Waals surface area contributed by atoms with Crippen LogP contribution in [0.4, 0.5) is 0 Å². The molecule has 0 fully saturated rings. The molecule has 0 saturated carbocycles. The predicted octanol–water partition coefficient (Wildman–Crippen LogP) is 4.29. The Kier molecular flexibility index (Phi) is 4.22. The molecule has 6 heteroatoms. The molecule has 0 atom stereocenters. The van der Waals surface area contributed by atoms with E-state index >= 15 is 0 Å². The van der Waals surface area contributed by atoms with Crippen molar-refractivity contribution in [2.75, 3.05) is 0 Å². The van der Waals surface area contributed by atoms with Gasteiger partial charge < -0.3 is 4.74 Å². The summed E-state index contributed by atoms with van der Waals surface area (Å²) >= 11 is 11.9. The first-order chi connectivity index (χ1) is 10.6. The van der Waals surface area contributed by atoms with Crippen LogP contribution < -0.4 is 0 Å². The first-order valence-electron chi connectivity index (χ1n) is 6.46. The number of esters is 1. The Bertz CT molecular complexity index is 852. The predicted molar refractivity (Wildman–Crippen MR) is 85.1 cm³/mol. The van der Waals surface area contributed by atoms with Gasteiger partial charge in [0.1, 0.15) is 6.61 Å². The summed E-state index contributed by atoms with van der Waals surface area (Å²) < 4.78 is 5.21. The third-order valence-corrected chi connectivity index (χ3v) is 3.62. The number of hydrogen-bond acceptors (Lipinski definition) is 4. The molecular formula is C16H10Cl2N2O2. The molecule has 0 saturated heterocycles. The van der Waals surface area contributed by atoms with E-state index in [1.807, 2.05) is 18.2 Å². The van der Waals surface area contributed by atoms with E-state index in [1.165, 1.54) is 6.20 Å². The Morgan fingerprint density at radius 2 is 1.86 bits per heavy atom. The van der Waals surface area contributed by atoms with Gasteiger partial charge in [-0.2, -0.15) is 0 Å². The van der Waals surface area contributed by atoms with Crippen molar-refractivity contribution < 1.29 is 9.53 Å². The molecule has 110 valence electrons. The highest BCUT2D eigenvalue weighted by atomic mass is 35.5. The Balaban J connectivity index is 1.75. The molecule has 1 heterocycles. The van der Waals surface area contributed by atoms with Crippen LogP contribution >= 0.6 is 23.2 Å². The number of halogens is 2. The standard InChI is InChI=1S/C16H10Cl2N2O2/c17-11-6-5-10(12(18)7-11)9-22-16(21)15-8-19-13-3-1-2-4-14(13)20-15/h1-8H,9H2. The van der Waals surface area contributed by atoms with Crippen molar-refractivity contribution in [1.29, 1.82) is 0 Å². The number of benzene rings is 2. The molecule has 0 aliphatic rings. The first-order valence-corrected chi connectivity index (χ1v) is 7.22. The molecule has 0 radical (unpaired) electrons. The monoisotopic (exact) mass is 332 g/mol. The van der Waals surface area contributed by atoms with Crippen molar-refractivity contribution in [2.45, 2.75) is 6.61 Å². The van der Waals surface area contributed by atoms with E-state index in [4.69, 9.17) is 27.9 Å². The zero-order valence-electron chi connectivity index (χ0n) is 11.3. The van der Waals surface area contributed by atoms with Crippen LogP contribution in [0.2, 0.25) is 10.0 Å². The van der Waals surface area contributed by atoms with Gasteiger partial charge >= 0.3 is 5.97 Å². The van der Waals surface area contributed by atoms with Gasteiger partial charge in [-0.3, -0.25) is 4.98 Å². The fourth-order valence-corrected chi connectivity index (χ4v) is 2.37. The molecule has 0 spiro atoms. The first kappa shape index (κ1) is 14.8. The fraction of sp³-hybridized carbons (Fsp3) is 0.0625. The zero-order valence-corrected chi connectivity index (χ0v) is 12.8. The highest BCUT2D eigenvalue weighted by Crippen LogP contribution is 2.22. The number of carbonyl (C=O) groups is 1. The summed E-state index contributed by atoms with van der Waals surface area (Å²) in [5, 5.41) is 0.977.